The lowest BCUT2D eigenvalue weighted by atomic mass is 9.91. The molecule has 1 aliphatic heterocycles. The summed E-state index contributed by atoms with van der Waals surface area (Å²) in [7, 11) is 1.35. The number of carbonyl (C=O) groups excluding carboxylic acids is 3. The largest absolute Gasteiger partial charge is 0.495 e. The predicted molar refractivity (Wildman–Crippen MR) is 107 cm³/mol. The van der Waals surface area contributed by atoms with Crippen LogP contribution < -0.4 is 15.4 Å². The van der Waals surface area contributed by atoms with Gasteiger partial charge in [0.15, 0.2) is 0 Å². The summed E-state index contributed by atoms with van der Waals surface area (Å²) in [4.78, 5) is 49.0. The first kappa shape index (κ1) is 20.8. The fourth-order valence-corrected chi connectivity index (χ4v) is 3.16. The van der Waals surface area contributed by atoms with Gasteiger partial charge >= 0.3 is 6.03 Å². The molecule has 1 fully saturated rings. The molecular weight excluding hydrogens is 392 g/mol. The first-order chi connectivity index (χ1) is 14.2. The number of ether oxygens (including phenoxy) is 1. The third-order valence-electron chi connectivity index (χ3n) is 4.87. The number of nitro groups is 1. The fraction of sp³-hybridized carbons (Fsp3) is 0.250. The smallest absolute Gasteiger partial charge is 0.325 e. The number of carbonyl (C=O) groups is 3. The average molecular weight is 412 g/mol. The Morgan fingerprint density at radius 1 is 1.23 bits per heavy atom. The van der Waals surface area contributed by atoms with Gasteiger partial charge in [0.1, 0.15) is 17.8 Å². The molecule has 1 saturated heterocycles. The van der Waals surface area contributed by atoms with Gasteiger partial charge in [0.2, 0.25) is 5.91 Å². The number of non-ortho nitro benzene ring substituents is 1. The van der Waals surface area contributed by atoms with Gasteiger partial charge in [-0.2, -0.15) is 0 Å². The van der Waals surface area contributed by atoms with Crippen molar-refractivity contribution in [1.82, 2.24) is 10.2 Å². The Hall–Kier alpha value is -3.95. The molecular formula is C20H20N4O6. The Morgan fingerprint density at radius 3 is 2.50 bits per heavy atom. The van der Waals surface area contributed by atoms with E-state index in [4.69, 9.17) is 4.74 Å². The highest BCUT2D eigenvalue weighted by molar-refractivity contribution is 6.10. The summed E-state index contributed by atoms with van der Waals surface area (Å²) in [6.45, 7) is 2.91. The van der Waals surface area contributed by atoms with E-state index in [0.717, 1.165) is 16.5 Å². The number of amides is 4. The van der Waals surface area contributed by atoms with Crippen LogP contribution in [-0.4, -0.2) is 41.3 Å². The number of aryl methyl sites for hydroxylation is 1. The maximum Gasteiger partial charge on any atom is 0.325 e. The van der Waals surface area contributed by atoms with E-state index < -0.39 is 34.9 Å². The quantitative estimate of drug-likeness (QED) is 0.425. The molecule has 1 aliphatic rings. The summed E-state index contributed by atoms with van der Waals surface area (Å²) in [6.07, 6.45) is 0. The Balaban J connectivity index is 1.78. The summed E-state index contributed by atoms with van der Waals surface area (Å²) in [5.41, 5.74) is 0.114. The van der Waals surface area contributed by atoms with Crippen molar-refractivity contribution in [2.45, 2.75) is 19.4 Å². The van der Waals surface area contributed by atoms with Gasteiger partial charge in [-0.1, -0.05) is 29.8 Å². The number of benzene rings is 2. The monoisotopic (exact) mass is 412 g/mol. The van der Waals surface area contributed by atoms with Gasteiger partial charge in [-0.15, -0.1) is 0 Å². The minimum atomic E-state index is -1.30. The molecule has 1 heterocycles. The Labute approximate surface area is 172 Å². The molecule has 0 aromatic heterocycles. The maximum atomic E-state index is 12.9. The van der Waals surface area contributed by atoms with Gasteiger partial charge in [0.05, 0.1) is 17.7 Å². The highest BCUT2D eigenvalue weighted by Crippen LogP contribution is 2.30. The number of hydrogen-bond donors (Lipinski definition) is 2. The first-order valence-corrected chi connectivity index (χ1v) is 8.99. The summed E-state index contributed by atoms with van der Waals surface area (Å²) in [5.74, 6) is -1.07. The molecule has 0 unspecified atom stereocenters. The van der Waals surface area contributed by atoms with Crippen LogP contribution in [0.1, 0.15) is 18.1 Å². The van der Waals surface area contributed by atoms with E-state index in [-0.39, 0.29) is 17.1 Å². The van der Waals surface area contributed by atoms with Crippen molar-refractivity contribution in [3.05, 3.63) is 63.7 Å². The number of urea groups is 1. The highest BCUT2D eigenvalue weighted by atomic mass is 16.6. The normalized spacial score (nSPS) is 18.2. The number of nitrogens with one attached hydrogen (secondary N) is 2. The van der Waals surface area contributed by atoms with Crippen LogP contribution in [0.15, 0.2) is 42.5 Å². The van der Waals surface area contributed by atoms with E-state index in [2.05, 4.69) is 10.6 Å². The van der Waals surface area contributed by atoms with Gasteiger partial charge in [0, 0.05) is 12.1 Å². The molecule has 10 heteroatoms. The molecule has 0 spiro atoms. The number of hydrogen-bond acceptors (Lipinski definition) is 6. The average Bonchev–Trinajstić information content (AvgIpc) is 2.92. The minimum absolute atomic E-state index is 0.0602. The van der Waals surface area contributed by atoms with Crippen molar-refractivity contribution >= 4 is 29.2 Å². The fourth-order valence-electron chi connectivity index (χ4n) is 3.16. The lowest BCUT2D eigenvalue weighted by Crippen LogP contribution is -2.42. The van der Waals surface area contributed by atoms with Crippen LogP contribution in [-0.2, 0) is 15.1 Å². The van der Waals surface area contributed by atoms with Crippen LogP contribution in [0.2, 0.25) is 0 Å². The molecule has 0 saturated carbocycles. The molecule has 0 radical (unpaired) electrons. The molecule has 10 nitrogen and oxygen atoms in total. The van der Waals surface area contributed by atoms with E-state index in [1.54, 1.807) is 19.1 Å². The number of imide groups is 1. The van der Waals surface area contributed by atoms with Crippen LogP contribution in [0, 0.1) is 17.0 Å². The zero-order chi connectivity index (χ0) is 22.1. The summed E-state index contributed by atoms with van der Waals surface area (Å²) < 4.78 is 5.10. The van der Waals surface area contributed by atoms with Crippen LogP contribution >= 0.6 is 0 Å². The zero-order valence-electron chi connectivity index (χ0n) is 16.6. The number of anilines is 1. The second kappa shape index (κ2) is 7.82. The number of methoxy groups -OCH3 is 1. The standard InChI is InChI=1S/C20H20N4O6/c1-12-4-6-13(7-5-12)20(2)18(26)23(19(27)22-20)11-17(25)21-15-10-14(24(28)29)8-9-16(15)30-3/h4-10H,11H2,1-3H3,(H,21,25)(H,22,27)/t20-/m0/s1. The Kier molecular flexibility index (Phi) is 5.41. The SMILES string of the molecule is COc1ccc([N+](=O)[O-])cc1NC(=O)CN1C(=O)N[C@@](C)(c2ccc(C)cc2)C1=O. The van der Waals surface area contributed by atoms with E-state index >= 15 is 0 Å². The van der Waals surface area contributed by atoms with Gasteiger partial charge in [-0.05, 0) is 25.5 Å². The van der Waals surface area contributed by atoms with Gasteiger partial charge < -0.3 is 15.4 Å². The lowest BCUT2D eigenvalue weighted by Gasteiger charge is -2.22. The summed E-state index contributed by atoms with van der Waals surface area (Å²) in [6, 6.07) is 10.1. The highest BCUT2D eigenvalue weighted by Gasteiger charge is 2.49. The predicted octanol–water partition coefficient (Wildman–Crippen LogP) is 2.32. The minimum Gasteiger partial charge on any atom is -0.495 e. The van der Waals surface area contributed by atoms with Gasteiger partial charge in [-0.25, -0.2) is 4.79 Å². The van der Waals surface area contributed by atoms with Crippen LogP contribution in [0.4, 0.5) is 16.2 Å². The van der Waals surface area contributed by atoms with Crippen LogP contribution in [0.25, 0.3) is 0 Å². The lowest BCUT2D eigenvalue weighted by molar-refractivity contribution is -0.384. The number of nitrogens with zero attached hydrogens (tertiary/aromatic N) is 2. The molecule has 2 aromatic carbocycles. The van der Waals surface area contributed by atoms with Crippen molar-refractivity contribution in [3.8, 4) is 5.75 Å². The second-order valence-corrected chi connectivity index (χ2v) is 7.00. The third kappa shape index (κ3) is 3.79. The molecule has 4 amide bonds. The second-order valence-electron chi connectivity index (χ2n) is 7.00. The van der Waals surface area contributed by atoms with Crippen molar-refractivity contribution in [3.63, 3.8) is 0 Å². The van der Waals surface area contributed by atoms with Crippen molar-refractivity contribution < 1.29 is 24.0 Å². The van der Waals surface area contributed by atoms with E-state index in [0.29, 0.717) is 5.56 Å². The molecule has 0 aliphatic carbocycles. The molecule has 3 rings (SSSR count). The maximum absolute atomic E-state index is 12.9. The van der Waals surface area contributed by atoms with Crippen LogP contribution in [0.3, 0.4) is 0 Å². The number of rotatable bonds is 6. The summed E-state index contributed by atoms with van der Waals surface area (Å²) in [5, 5.41) is 16.1. The van der Waals surface area contributed by atoms with Crippen molar-refractivity contribution in [2.75, 3.05) is 19.0 Å². The van der Waals surface area contributed by atoms with Crippen LogP contribution in [0.5, 0.6) is 5.75 Å². The first-order valence-electron chi connectivity index (χ1n) is 8.99. The summed E-state index contributed by atoms with van der Waals surface area (Å²) >= 11 is 0. The zero-order valence-corrected chi connectivity index (χ0v) is 16.6. The molecule has 156 valence electrons. The topological polar surface area (TPSA) is 131 Å². The molecule has 2 aromatic rings. The van der Waals surface area contributed by atoms with Crippen molar-refractivity contribution in [1.29, 1.82) is 0 Å². The molecule has 30 heavy (non-hydrogen) atoms. The Morgan fingerprint density at radius 2 is 1.90 bits per heavy atom. The molecule has 0 bridgehead atoms. The Bertz CT molecular complexity index is 1040. The van der Waals surface area contributed by atoms with Gasteiger partial charge in [-0.3, -0.25) is 24.6 Å². The van der Waals surface area contributed by atoms with E-state index in [1.807, 2.05) is 19.1 Å². The van der Waals surface area contributed by atoms with E-state index in [1.165, 1.54) is 19.2 Å². The van der Waals surface area contributed by atoms with Gasteiger partial charge in [0.25, 0.3) is 11.6 Å². The van der Waals surface area contributed by atoms with E-state index in [9.17, 15) is 24.5 Å². The number of nitro benzene ring substituents is 1. The van der Waals surface area contributed by atoms with Crippen molar-refractivity contribution in [2.24, 2.45) is 0 Å². The molecule has 1 atom stereocenters. The third-order valence-corrected chi connectivity index (χ3v) is 4.87. The molecule has 2 N–H and O–H groups in total.